The van der Waals surface area contributed by atoms with Crippen LogP contribution in [0.1, 0.15) is 13.3 Å². The number of nitrogens with one attached hydrogen (secondary N) is 1. The van der Waals surface area contributed by atoms with E-state index in [1.807, 2.05) is 6.92 Å². The summed E-state index contributed by atoms with van der Waals surface area (Å²) in [6, 6.07) is -0.0266. The molecule has 1 atom stereocenters. The van der Waals surface area contributed by atoms with E-state index in [1.54, 1.807) is 0 Å². The van der Waals surface area contributed by atoms with E-state index in [1.165, 1.54) is 7.11 Å². The highest BCUT2D eigenvalue weighted by Gasteiger charge is 2.13. The second kappa shape index (κ2) is 6.75. The monoisotopic (exact) mass is 273 g/mol. The van der Waals surface area contributed by atoms with E-state index in [4.69, 9.17) is 4.74 Å². The van der Waals surface area contributed by atoms with Crippen LogP contribution < -0.4 is 4.72 Å². The Morgan fingerprint density at radius 1 is 1.54 bits per heavy atom. The van der Waals surface area contributed by atoms with Crippen LogP contribution in [0.15, 0.2) is 0 Å². The molecule has 0 radical (unpaired) electrons. The van der Waals surface area contributed by atoms with Crippen LogP contribution in [0.2, 0.25) is 0 Å². The molecule has 0 aromatic heterocycles. The zero-order chi connectivity index (χ0) is 10.3. The fourth-order valence-corrected chi connectivity index (χ4v) is 2.70. The molecule has 0 bridgehead atoms. The molecule has 0 aromatic rings. The summed E-state index contributed by atoms with van der Waals surface area (Å²) in [5.74, 6) is 0.0239. The van der Waals surface area contributed by atoms with Crippen molar-refractivity contribution in [2.75, 3.05) is 24.8 Å². The van der Waals surface area contributed by atoms with E-state index in [2.05, 4.69) is 20.7 Å². The highest BCUT2D eigenvalue weighted by atomic mass is 79.9. The first-order valence-corrected chi connectivity index (χ1v) is 6.84. The Hall–Kier alpha value is 0.350. The number of sulfonamides is 1. The average molecular weight is 274 g/mol. The van der Waals surface area contributed by atoms with Crippen molar-refractivity contribution in [1.82, 2.24) is 4.72 Å². The van der Waals surface area contributed by atoms with Gasteiger partial charge in [0.1, 0.15) is 0 Å². The molecule has 1 unspecified atom stereocenters. The van der Waals surface area contributed by atoms with Crippen LogP contribution in [-0.4, -0.2) is 39.3 Å². The summed E-state index contributed by atoms with van der Waals surface area (Å²) in [7, 11) is -1.68. The first-order chi connectivity index (χ1) is 6.02. The predicted molar refractivity (Wildman–Crippen MR) is 56.7 cm³/mol. The van der Waals surface area contributed by atoms with Gasteiger partial charge >= 0.3 is 0 Å². The first-order valence-electron chi connectivity index (χ1n) is 4.06. The molecule has 0 aliphatic carbocycles. The van der Waals surface area contributed by atoms with Crippen molar-refractivity contribution in [3.8, 4) is 0 Å². The fraction of sp³-hybridized carbons (Fsp3) is 1.00. The van der Waals surface area contributed by atoms with Crippen LogP contribution in [0.3, 0.4) is 0 Å². The molecule has 4 nitrogen and oxygen atoms in total. The largest absolute Gasteiger partial charge is 0.384 e. The summed E-state index contributed by atoms with van der Waals surface area (Å²) in [6.07, 6.45) is 0.784. The smallest absolute Gasteiger partial charge is 0.214 e. The molecule has 80 valence electrons. The lowest BCUT2D eigenvalue weighted by molar-refractivity contribution is 0.216. The number of methoxy groups -OCH3 is 1. The maximum absolute atomic E-state index is 11.3. The maximum Gasteiger partial charge on any atom is 0.214 e. The molecule has 0 aliphatic rings. The minimum absolute atomic E-state index is 0.0239. The van der Waals surface area contributed by atoms with E-state index >= 15 is 0 Å². The van der Waals surface area contributed by atoms with Crippen molar-refractivity contribution < 1.29 is 13.2 Å². The normalized spacial score (nSPS) is 14.4. The highest BCUT2D eigenvalue weighted by molar-refractivity contribution is 9.09. The highest BCUT2D eigenvalue weighted by Crippen LogP contribution is 1.97. The molecule has 13 heavy (non-hydrogen) atoms. The molecule has 1 N–H and O–H groups in total. The number of hydrogen-bond acceptors (Lipinski definition) is 3. The molecule has 0 amide bonds. The van der Waals surface area contributed by atoms with Gasteiger partial charge in [-0.2, -0.15) is 0 Å². The zero-order valence-corrected chi connectivity index (χ0v) is 10.3. The molecular weight excluding hydrogens is 258 g/mol. The van der Waals surface area contributed by atoms with Gasteiger partial charge in [-0.25, -0.2) is 13.1 Å². The van der Waals surface area contributed by atoms with E-state index in [0.717, 1.165) is 11.8 Å². The van der Waals surface area contributed by atoms with Gasteiger partial charge in [0.15, 0.2) is 0 Å². The molecule has 0 saturated heterocycles. The molecule has 0 rings (SSSR count). The summed E-state index contributed by atoms with van der Waals surface area (Å²) in [5, 5.41) is 0.793. The minimum Gasteiger partial charge on any atom is -0.384 e. The molecule has 0 saturated carbocycles. The van der Waals surface area contributed by atoms with Crippen LogP contribution in [0.4, 0.5) is 0 Å². The molecule has 0 spiro atoms. The Morgan fingerprint density at radius 2 is 2.15 bits per heavy atom. The second-order valence-corrected chi connectivity index (χ2v) is 5.47. The van der Waals surface area contributed by atoms with Gasteiger partial charge in [-0.3, -0.25) is 0 Å². The van der Waals surface area contributed by atoms with Crippen LogP contribution in [0, 0.1) is 0 Å². The van der Waals surface area contributed by atoms with Crippen LogP contribution in [0.5, 0.6) is 0 Å². The van der Waals surface area contributed by atoms with Gasteiger partial charge in [0, 0.05) is 18.5 Å². The molecule has 6 heteroatoms. The molecular formula is C7H16BrNO3S. The van der Waals surface area contributed by atoms with Gasteiger partial charge in [0.25, 0.3) is 0 Å². The van der Waals surface area contributed by atoms with Crippen molar-refractivity contribution in [2.45, 2.75) is 19.4 Å². The van der Waals surface area contributed by atoms with Gasteiger partial charge < -0.3 is 4.74 Å². The summed E-state index contributed by atoms with van der Waals surface area (Å²) in [5.41, 5.74) is 0. The lowest BCUT2D eigenvalue weighted by Crippen LogP contribution is -2.35. The van der Waals surface area contributed by atoms with Crippen LogP contribution >= 0.6 is 15.9 Å². The zero-order valence-electron chi connectivity index (χ0n) is 7.92. The molecule has 0 aliphatic heterocycles. The van der Waals surface area contributed by atoms with E-state index in [0.29, 0.717) is 0 Å². The quantitative estimate of drug-likeness (QED) is 0.696. The number of rotatable bonds is 7. The molecule has 0 heterocycles. The maximum atomic E-state index is 11.3. The third-order valence-corrected chi connectivity index (χ3v) is 3.40. The van der Waals surface area contributed by atoms with Gasteiger partial charge in [-0.05, 0) is 13.3 Å². The summed E-state index contributed by atoms with van der Waals surface area (Å²) in [6.45, 7) is 2.07. The summed E-state index contributed by atoms with van der Waals surface area (Å²) >= 11 is 3.25. The Balaban J connectivity index is 3.87. The van der Waals surface area contributed by atoms with Crippen molar-refractivity contribution in [1.29, 1.82) is 0 Å². The number of hydrogen-bond donors (Lipinski definition) is 1. The first kappa shape index (κ1) is 13.4. The van der Waals surface area contributed by atoms with Gasteiger partial charge in [0.05, 0.1) is 12.4 Å². The van der Waals surface area contributed by atoms with E-state index < -0.39 is 10.0 Å². The van der Waals surface area contributed by atoms with Gasteiger partial charge in [-0.15, -0.1) is 0 Å². The Morgan fingerprint density at radius 3 is 2.62 bits per heavy atom. The van der Waals surface area contributed by atoms with E-state index in [-0.39, 0.29) is 18.4 Å². The topological polar surface area (TPSA) is 55.4 Å². The third-order valence-electron chi connectivity index (χ3n) is 1.48. The van der Waals surface area contributed by atoms with Gasteiger partial charge in [-0.1, -0.05) is 15.9 Å². The Bertz CT molecular complexity index is 218. The fourth-order valence-electron chi connectivity index (χ4n) is 0.781. The Labute approximate surface area is 88.2 Å². The number of ether oxygens (including phenoxy) is 1. The lowest BCUT2D eigenvalue weighted by atomic mass is 10.3. The average Bonchev–Trinajstić information content (AvgIpc) is 2.00. The standard InChI is InChI=1S/C7H16BrNO3S/c1-7(3-4-8)9-13(10,11)6-5-12-2/h7,9H,3-6H2,1-2H3. The number of halogens is 1. The van der Waals surface area contributed by atoms with Gasteiger partial charge in [0.2, 0.25) is 10.0 Å². The van der Waals surface area contributed by atoms with Crippen molar-refractivity contribution in [2.24, 2.45) is 0 Å². The van der Waals surface area contributed by atoms with Crippen LogP contribution in [-0.2, 0) is 14.8 Å². The Kier molecular flexibility index (Phi) is 6.93. The lowest BCUT2D eigenvalue weighted by Gasteiger charge is -2.12. The second-order valence-electron chi connectivity index (χ2n) is 2.81. The molecule has 0 aromatic carbocycles. The predicted octanol–water partition coefficient (Wildman–Crippen LogP) is 0.726. The summed E-state index contributed by atoms with van der Waals surface area (Å²) < 4.78 is 29.8. The molecule has 0 fully saturated rings. The van der Waals surface area contributed by atoms with Crippen molar-refractivity contribution in [3.63, 3.8) is 0 Å². The minimum atomic E-state index is -3.16. The van der Waals surface area contributed by atoms with Crippen molar-refractivity contribution in [3.05, 3.63) is 0 Å². The van der Waals surface area contributed by atoms with Crippen molar-refractivity contribution >= 4 is 26.0 Å². The SMILES string of the molecule is COCCS(=O)(=O)NC(C)CCBr. The third kappa shape index (κ3) is 7.42. The van der Waals surface area contributed by atoms with Crippen LogP contribution in [0.25, 0.3) is 0 Å². The number of alkyl halides is 1. The van der Waals surface area contributed by atoms with E-state index in [9.17, 15) is 8.42 Å². The summed E-state index contributed by atoms with van der Waals surface area (Å²) in [4.78, 5) is 0.